The van der Waals surface area contributed by atoms with Crippen molar-refractivity contribution in [3.63, 3.8) is 0 Å². The first-order valence-corrected chi connectivity index (χ1v) is 5.64. The highest BCUT2D eigenvalue weighted by Crippen LogP contribution is 2.18. The van der Waals surface area contributed by atoms with Crippen LogP contribution in [0.25, 0.3) is 0 Å². The van der Waals surface area contributed by atoms with E-state index < -0.39 is 0 Å². The molecule has 1 rings (SSSR count). The van der Waals surface area contributed by atoms with Gasteiger partial charge < -0.3 is 10.5 Å². The van der Waals surface area contributed by atoms with Crippen molar-refractivity contribution in [2.24, 2.45) is 11.7 Å². The summed E-state index contributed by atoms with van der Waals surface area (Å²) in [6, 6.07) is 8.13. The van der Waals surface area contributed by atoms with Crippen molar-refractivity contribution < 1.29 is 4.74 Å². The third-order valence-corrected chi connectivity index (χ3v) is 2.34. The molecule has 0 saturated carbocycles. The molecule has 0 radical (unpaired) electrons. The van der Waals surface area contributed by atoms with Gasteiger partial charge in [0.05, 0.1) is 6.61 Å². The third kappa shape index (κ3) is 4.34. The molecular weight excluding hydrogens is 186 g/mol. The Morgan fingerprint density at radius 3 is 2.67 bits per heavy atom. The molecule has 0 spiro atoms. The van der Waals surface area contributed by atoms with Crippen molar-refractivity contribution in [2.75, 3.05) is 13.2 Å². The summed E-state index contributed by atoms with van der Waals surface area (Å²) in [5.74, 6) is 1.68. The minimum atomic E-state index is 0.671. The Hall–Kier alpha value is -1.02. The van der Waals surface area contributed by atoms with Gasteiger partial charge in [0.1, 0.15) is 5.75 Å². The monoisotopic (exact) mass is 207 g/mol. The summed E-state index contributed by atoms with van der Waals surface area (Å²) in [6.07, 6.45) is 1.98. The maximum absolute atomic E-state index is 5.74. The first-order chi connectivity index (χ1) is 7.24. The molecule has 0 aliphatic rings. The lowest BCUT2D eigenvalue weighted by atomic mass is 10.1. The Bertz CT molecular complexity index is 284. The number of benzene rings is 1. The van der Waals surface area contributed by atoms with Crippen molar-refractivity contribution >= 4 is 0 Å². The first kappa shape index (κ1) is 12.1. The zero-order valence-electron chi connectivity index (χ0n) is 9.70. The molecule has 0 atom stereocenters. The highest BCUT2D eigenvalue weighted by molar-refractivity contribution is 5.33. The van der Waals surface area contributed by atoms with Gasteiger partial charge in [0, 0.05) is 0 Å². The Morgan fingerprint density at radius 2 is 2.00 bits per heavy atom. The van der Waals surface area contributed by atoms with Gasteiger partial charge in [0.15, 0.2) is 0 Å². The Labute approximate surface area is 92.4 Å². The smallest absolute Gasteiger partial charge is 0.122 e. The zero-order valence-corrected chi connectivity index (χ0v) is 9.70. The van der Waals surface area contributed by atoms with E-state index in [1.807, 2.05) is 18.2 Å². The molecule has 0 amide bonds. The van der Waals surface area contributed by atoms with Crippen LogP contribution in [0, 0.1) is 5.92 Å². The molecule has 0 bridgehead atoms. The van der Waals surface area contributed by atoms with Gasteiger partial charge >= 0.3 is 0 Å². The van der Waals surface area contributed by atoms with Crippen LogP contribution >= 0.6 is 0 Å². The van der Waals surface area contributed by atoms with Crippen LogP contribution in [0.1, 0.15) is 25.8 Å². The topological polar surface area (TPSA) is 35.2 Å². The minimum absolute atomic E-state index is 0.671. The number of para-hydroxylation sites is 1. The van der Waals surface area contributed by atoms with E-state index in [0.29, 0.717) is 12.5 Å². The first-order valence-electron chi connectivity index (χ1n) is 5.64. The number of ether oxygens (including phenoxy) is 1. The highest BCUT2D eigenvalue weighted by atomic mass is 16.5. The highest BCUT2D eigenvalue weighted by Gasteiger charge is 2.02. The third-order valence-electron chi connectivity index (χ3n) is 2.34. The molecule has 2 N–H and O–H groups in total. The Balaban J connectivity index is 2.51. The van der Waals surface area contributed by atoms with Gasteiger partial charge in [-0.25, -0.2) is 0 Å². The summed E-state index contributed by atoms with van der Waals surface area (Å²) in [5, 5.41) is 0. The van der Waals surface area contributed by atoms with E-state index in [0.717, 1.165) is 25.2 Å². The molecule has 0 aliphatic carbocycles. The molecule has 1 aromatic rings. The average Bonchev–Trinajstić information content (AvgIpc) is 2.20. The molecule has 0 aliphatic heterocycles. The molecule has 0 unspecified atom stereocenters. The van der Waals surface area contributed by atoms with Gasteiger partial charge in [-0.05, 0) is 36.9 Å². The fraction of sp³-hybridized carbons (Fsp3) is 0.538. The predicted molar refractivity (Wildman–Crippen MR) is 64.2 cm³/mol. The number of hydrogen-bond donors (Lipinski definition) is 1. The van der Waals surface area contributed by atoms with Crippen LogP contribution in [0.4, 0.5) is 0 Å². The summed E-state index contributed by atoms with van der Waals surface area (Å²) in [5.41, 5.74) is 6.76. The minimum Gasteiger partial charge on any atom is -0.493 e. The van der Waals surface area contributed by atoms with Crippen molar-refractivity contribution in [1.82, 2.24) is 0 Å². The second-order valence-electron chi connectivity index (χ2n) is 4.18. The van der Waals surface area contributed by atoms with Crippen LogP contribution in [0.2, 0.25) is 0 Å². The molecule has 0 saturated heterocycles. The van der Waals surface area contributed by atoms with E-state index >= 15 is 0 Å². The number of hydrogen-bond acceptors (Lipinski definition) is 2. The van der Waals surface area contributed by atoms with E-state index in [1.54, 1.807) is 0 Å². The Kier molecular flexibility index (Phi) is 5.19. The van der Waals surface area contributed by atoms with Crippen LogP contribution in [-0.4, -0.2) is 13.2 Å². The largest absolute Gasteiger partial charge is 0.493 e. The van der Waals surface area contributed by atoms with Gasteiger partial charge in [-0.3, -0.25) is 0 Å². The number of rotatable bonds is 6. The molecule has 84 valence electrons. The van der Waals surface area contributed by atoms with Crippen LogP contribution in [0.3, 0.4) is 0 Å². The molecular formula is C13H21NO. The van der Waals surface area contributed by atoms with Crippen molar-refractivity contribution in [3.05, 3.63) is 29.8 Å². The van der Waals surface area contributed by atoms with E-state index in [9.17, 15) is 0 Å². The SMILES string of the molecule is CC(C)CCOc1ccccc1CCN. The van der Waals surface area contributed by atoms with E-state index in [4.69, 9.17) is 10.5 Å². The molecule has 0 heterocycles. The van der Waals surface area contributed by atoms with Gasteiger partial charge in [-0.15, -0.1) is 0 Å². The molecule has 0 fully saturated rings. The molecule has 2 heteroatoms. The van der Waals surface area contributed by atoms with Crippen molar-refractivity contribution in [1.29, 1.82) is 0 Å². The van der Waals surface area contributed by atoms with Crippen molar-refractivity contribution in [3.8, 4) is 5.75 Å². The second-order valence-corrected chi connectivity index (χ2v) is 4.18. The number of nitrogens with two attached hydrogens (primary N) is 1. The van der Waals surface area contributed by atoms with Crippen LogP contribution in [-0.2, 0) is 6.42 Å². The molecule has 2 nitrogen and oxygen atoms in total. The van der Waals surface area contributed by atoms with E-state index in [2.05, 4.69) is 19.9 Å². The lowest BCUT2D eigenvalue weighted by Gasteiger charge is -2.11. The fourth-order valence-electron chi connectivity index (χ4n) is 1.41. The van der Waals surface area contributed by atoms with Crippen LogP contribution in [0.15, 0.2) is 24.3 Å². The molecule has 1 aromatic carbocycles. The van der Waals surface area contributed by atoms with Gasteiger partial charge in [0.2, 0.25) is 0 Å². The maximum atomic E-state index is 5.74. The van der Waals surface area contributed by atoms with Gasteiger partial charge in [-0.2, -0.15) is 0 Å². The van der Waals surface area contributed by atoms with E-state index in [-0.39, 0.29) is 0 Å². The summed E-state index contributed by atoms with van der Waals surface area (Å²) >= 11 is 0. The molecule has 0 aromatic heterocycles. The zero-order chi connectivity index (χ0) is 11.1. The van der Waals surface area contributed by atoms with E-state index in [1.165, 1.54) is 5.56 Å². The lowest BCUT2D eigenvalue weighted by molar-refractivity contribution is 0.287. The van der Waals surface area contributed by atoms with Gasteiger partial charge in [0.25, 0.3) is 0 Å². The van der Waals surface area contributed by atoms with Crippen LogP contribution in [0.5, 0.6) is 5.75 Å². The quantitative estimate of drug-likeness (QED) is 0.778. The fourth-order valence-corrected chi connectivity index (χ4v) is 1.41. The average molecular weight is 207 g/mol. The summed E-state index contributed by atoms with van der Waals surface area (Å²) in [7, 11) is 0. The Morgan fingerprint density at radius 1 is 1.27 bits per heavy atom. The van der Waals surface area contributed by atoms with Crippen molar-refractivity contribution in [2.45, 2.75) is 26.7 Å². The maximum Gasteiger partial charge on any atom is 0.122 e. The van der Waals surface area contributed by atoms with Gasteiger partial charge in [-0.1, -0.05) is 32.0 Å². The van der Waals surface area contributed by atoms with Crippen LogP contribution < -0.4 is 10.5 Å². The summed E-state index contributed by atoms with van der Waals surface area (Å²) in [6.45, 7) is 5.87. The standard InChI is InChI=1S/C13H21NO/c1-11(2)8-10-15-13-6-4-3-5-12(13)7-9-14/h3-6,11H,7-10,14H2,1-2H3. The summed E-state index contributed by atoms with van der Waals surface area (Å²) < 4.78 is 5.74. The second kappa shape index (κ2) is 6.46. The molecule has 15 heavy (non-hydrogen) atoms. The summed E-state index contributed by atoms with van der Waals surface area (Å²) in [4.78, 5) is 0. The lowest BCUT2D eigenvalue weighted by Crippen LogP contribution is -2.07. The normalized spacial score (nSPS) is 10.7. The predicted octanol–water partition coefficient (Wildman–Crippen LogP) is 2.61.